The number of nitriles is 1. The third-order valence-corrected chi connectivity index (χ3v) is 7.55. The second-order valence-corrected chi connectivity index (χ2v) is 9.04. The van der Waals surface area contributed by atoms with Crippen molar-refractivity contribution in [1.29, 1.82) is 5.26 Å². The molecular weight excluding hydrogens is 462 g/mol. The topological polar surface area (TPSA) is 75.0 Å². The van der Waals surface area contributed by atoms with Crippen molar-refractivity contribution in [3.8, 4) is 23.3 Å². The lowest BCUT2D eigenvalue weighted by molar-refractivity contribution is -0.129. The summed E-state index contributed by atoms with van der Waals surface area (Å²) in [5.41, 5.74) is 3.21. The highest BCUT2D eigenvalue weighted by molar-refractivity contribution is 8.03. The molecule has 2 aliphatic heterocycles. The lowest BCUT2D eigenvalue weighted by atomic mass is 9.85. The first kappa shape index (κ1) is 23.1. The Morgan fingerprint density at radius 1 is 1.12 bits per heavy atom. The maximum atomic E-state index is 13.3. The summed E-state index contributed by atoms with van der Waals surface area (Å²) >= 11 is 7.79. The van der Waals surface area contributed by atoms with Crippen LogP contribution in [0.5, 0.6) is 17.2 Å². The molecule has 0 spiro atoms. The lowest BCUT2D eigenvalue weighted by Gasteiger charge is -2.42. The molecule has 2 aromatic rings. The van der Waals surface area contributed by atoms with E-state index in [1.165, 1.54) is 11.8 Å². The van der Waals surface area contributed by atoms with Crippen LogP contribution in [0.15, 0.2) is 40.9 Å². The van der Waals surface area contributed by atoms with E-state index in [2.05, 4.69) is 11.0 Å². The molecule has 1 fully saturated rings. The van der Waals surface area contributed by atoms with Crippen molar-refractivity contribution in [2.45, 2.75) is 19.3 Å². The van der Waals surface area contributed by atoms with E-state index in [-0.39, 0.29) is 12.3 Å². The molecule has 172 valence electrons. The van der Waals surface area contributed by atoms with Gasteiger partial charge >= 0.3 is 0 Å². The van der Waals surface area contributed by atoms with Gasteiger partial charge in [0.1, 0.15) is 5.75 Å². The first-order valence-corrected chi connectivity index (χ1v) is 11.7. The molecule has 2 aromatic carbocycles. The Morgan fingerprint density at radius 2 is 1.82 bits per heavy atom. The molecule has 2 heterocycles. The van der Waals surface area contributed by atoms with Crippen LogP contribution in [-0.2, 0) is 4.79 Å². The normalized spacial score (nSPS) is 18.1. The highest BCUT2D eigenvalue weighted by atomic mass is 35.5. The van der Waals surface area contributed by atoms with Crippen molar-refractivity contribution in [3.05, 3.63) is 57.1 Å². The van der Waals surface area contributed by atoms with E-state index in [0.29, 0.717) is 45.4 Å². The van der Waals surface area contributed by atoms with Gasteiger partial charge in [-0.3, -0.25) is 9.69 Å². The first-order valence-electron chi connectivity index (χ1n) is 10.3. The molecule has 0 unspecified atom stereocenters. The molecule has 1 amide bonds. The molecule has 0 aliphatic carbocycles. The van der Waals surface area contributed by atoms with Gasteiger partial charge in [0.15, 0.2) is 11.5 Å². The molecule has 1 atom stereocenters. The summed E-state index contributed by atoms with van der Waals surface area (Å²) in [6.07, 6.45) is 0.154. The molecule has 0 bridgehead atoms. The lowest BCUT2D eigenvalue weighted by Crippen LogP contribution is -2.47. The van der Waals surface area contributed by atoms with Crippen LogP contribution in [0.3, 0.4) is 0 Å². The quantitative estimate of drug-likeness (QED) is 0.596. The van der Waals surface area contributed by atoms with E-state index in [1.54, 1.807) is 38.4 Å². The van der Waals surface area contributed by atoms with Gasteiger partial charge in [-0.1, -0.05) is 29.4 Å². The van der Waals surface area contributed by atoms with E-state index in [4.69, 9.17) is 25.8 Å². The Kier molecular flexibility index (Phi) is 6.63. The Labute approximate surface area is 202 Å². The van der Waals surface area contributed by atoms with Gasteiger partial charge < -0.3 is 19.1 Å². The maximum absolute atomic E-state index is 13.3. The molecule has 7 nitrogen and oxygen atoms in total. The monoisotopic (exact) mass is 485 g/mol. The number of fused-ring (bicyclic) bond motifs is 1. The summed E-state index contributed by atoms with van der Waals surface area (Å²) in [6.45, 7) is 2.33. The van der Waals surface area contributed by atoms with Crippen molar-refractivity contribution < 1.29 is 19.0 Å². The minimum atomic E-state index is -0.435. The van der Waals surface area contributed by atoms with Gasteiger partial charge in [0.25, 0.3) is 0 Å². The smallest absolute Gasteiger partial charge is 0.229 e. The van der Waals surface area contributed by atoms with Crippen molar-refractivity contribution >= 4 is 35.0 Å². The summed E-state index contributed by atoms with van der Waals surface area (Å²) < 4.78 is 16.4. The molecule has 0 N–H and O–H groups in total. The van der Waals surface area contributed by atoms with Crippen LogP contribution >= 0.6 is 23.4 Å². The number of nitrogens with zero attached hydrogens (tertiary/aromatic N) is 3. The van der Waals surface area contributed by atoms with E-state index < -0.39 is 5.92 Å². The zero-order chi connectivity index (χ0) is 23.7. The summed E-state index contributed by atoms with van der Waals surface area (Å²) in [5, 5.41) is 11.5. The largest absolute Gasteiger partial charge is 0.496 e. The van der Waals surface area contributed by atoms with Crippen LogP contribution in [0.25, 0.3) is 0 Å². The molecule has 1 saturated heterocycles. The molecule has 0 saturated carbocycles. The number of carbonyl (C=O) groups is 1. The van der Waals surface area contributed by atoms with E-state index in [9.17, 15) is 10.1 Å². The fourth-order valence-electron chi connectivity index (χ4n) is 4.24. The number of benzene rings is 2. The molecule has 9 heteroatoms. The second kappa shape index (κ2) is 9.46. The van der Waals surface area contributed by atoms with E-state index in [1.807, 2.05) is 25.1 Å². The van der Waals surface area contributed by atoms with Gasteiger partial charge in [-0.05, 0) is 30.7 Å². The fraction of sp³-hybridized carbons (Fsp3) is 0.333. The average Bonchev–Trinajstić information content (AvgIpc) is 2.84. The number of allylic oxidation sites excluding steroid dienone is 1. The predicted molar refractivity (Wildman–Crippen MR) is 129 cm³/mol. The third kappa shape index (κ3) is 4.07. The number of ether oxygens (including phenoxy) is 3. The third-order valence-electron chi connectivity index (χ3n) is 5.98. The number of methoxy groups -OCH3 is 3. The molecule has 2 aliphatic rings. The van der Waals surface area contributed by atoms with Crippen molar-refractivity contribution in [3.63, 3.8) is 0 Å². The summed E-state index contributed by atoms with van der Waals surface area (Å²) in [7, 11) is 4.66. The molecule has 0 radical (unpaired) electrons. The average molecular weight is 486 g/mol. The van der Waals surface area contributed by atoms with Crippen LogP contribution in [-0.4, -0.2) is 44.7 Å². The standard InChI is InChI=1S/C24H24ClN3O4S/c1-14-18(25)6-5-7-19(14)27-12-28-23(29)9-15(17(11-26)24(28)33-13-27)16-8-21(31-3)22(32-4)10-20(16)30-2/h5-8,10,15H,9,12-13H2,1-4H3/t15-/m1/s1. The highest BCUT2D eigenvalue weighted by Gasteiger charge is 2.40. The number of hydrogen-bond acceptors (Lipinski definition) is 7. The van der Waals surface area contributed by atoms with Crippen molar-refractivity contribution in [2.24, 2.45) is 0 Å². The zero-order valence-corrected chi connectivity index (χ0v) is 20.4. The van der Waals surface area contributed by atoms with E-state index >= 15 is 0 Å². The Balaban J connectivity index is 1.74. The minimum Gasteiger partial charge on any atom is -0.496 e. The number of halogens is 1. The minimum absolute atomic E-state index is 0.0530. The number of anilines is 1. The highest BCUT2D eigenvalue weighted by Crippen LogP contribution is 2.48. The summed E-state index contributed by atoms with van der Waals surface area (Å²) in [5.74, 6) is 1.70. The maximum Gasteiger partial charge on any atom is 0.229 e. The van der Waals surface area contributed by atoms with Crippen LogP contribution in [0.2, 0.25) is 5.02 Å². The van der Waals surface area contributed by atoms with Crippen LogP contribution in [0.1, 0.15) is 23.5 Å². The number of thioether (sulfide) groups is 1. The van der Waals surface area contributed by atoms with Gasteiger partial charge in [0, 0.05) is 34.7 Å². The van der Waals surface area contributed by atoms with Crippen molar-refractivity contribution in [2.75, 3.05) is 38.8 Å². The van der Waals surface area contributed by atoms with Gasteiger partial charge in [-0.25, -0.2) is 0 Å². The van der Waals surface area contributed by atoms with Gasteiger partial charge in [0.05, 0.1) is 50.5 Å². The predicted octanol–water partition coefficient (Wildman–Crippen LogP) is 4.89. The molecule has 4 rings (SSSR count). The zero-order valence-electron chi connectivity index (χ0n) is 18.8. The van der Waals surface area contributed by atoms with E-state index in [0.717, 1.165) is 16.8 Å². The molecule has 33 heavy (non-hydrogen) atoms. The van der Waals surface area contributed by atoms with Gasteiger partial charge in [0.2, 0.25) is 5.91 Å². The summed E-state index contributed by atoms with van der Waals surface area (Å²) in [6, 6.07) is 11.6. The van der Waals surface area contributed by atoms with Crippen LogP contribution < -0.4 is 19.1 Å². The Morgan fingerprint density at radius 3 is 2.48 bits per heavy atom. The number of amides is 1. The van der Waals surface area contributed by atoms with Gasteiger partial charge in [-0.2, -0.15) is 5.26 Å². The van der Waals surface area contributed by atoms with Crippen molar-refractivity contribution in [1.82, 2.24) is 4.90 Å². The molecular formula is C24H24ClN3O4S. The first-order chi connectivity index (χ1) is 15.9. The molecule has 0 aromatic heterocycles. The van der Waals surface area contributed by atoms with Crippen LogP contribution in [0, 0.1) is 18.3 Å². The number of hydrogen-bond donors (Lipinski definition) is 0. The fourth-order valence-corrected chi connectivity index (χ4v) is 5.57. The van der Waals surface area contributed by atoms with Gasteiger partial charge in [-0.15, -0.1) is 0 Å². The number of rotatable bonds is 5. The second-order valence-electron chi connectivity index (χ2n) is 7.70. The Bertz CT molecular complexity index is 1180. The van der Waals surface area contributed by atoms with Crippen LogP contribution in [0.4, 0.5) is 5.69 Å². The summed E-state index contributed by atoms with van der Waals surface area (Å²) in [4.78, 5) is 17.1. The number of carbonyl (C=O) groups excluding carboxylic acids is 1. The Hall–Kier alpha value is -3.02. The SMILES string of the molecule is COc1cc(OC)c([C@H]2CC(=O)N3CN(c4cccc(Cl)c4C)CSC3=C2C#N)cc1OC.